The maximum Gasteiger partial charge on any atom is 0.281 e. The minimum Gasteiger partial charge on any atom is -0.618 e. The van der Waals surface area contributed by atoms with Gasteiger partial charge < -0.3 is 5.21 Å². The van der Waals surface area contributed by atoms with Crippen LogP contribution in [0.3, 0.4) is 0 Å². The molecule has 0 spiro atoms. The number of aromatic nitrogens is 4. The smallest absolute Gasteiger partial charge is 0.281 e. The van der Waals surface area contributed by atoms with Crippen molar-refractivity contribution >= 4 is 22.8 Å². The van der Waals surface area contributed by atoms with Gasteiger partial charge in [-0.1, -0.05) is 11.6 Å². The van der Waals surface area contributed by atoms with E-state index in [0.29, 0.717) is 15.9 Å². The largest absolute Gasteiger partial charge is 0.618 e. The van der Waals surface area contributed by atoms with Gasteiger partial charge in [-0.05, 0) is 0 Å². The molecule has 2 heterocycles. The molecule has 2 aromatic heterocycles. The van der Waals surface area contributed by atoms with Crippen LogP contribution in [-0.2, 0) is 0 Å². The first-order valence-electron chi connectivity index (χ1n) is 2.86. The topological polar surface area (TPSA) is 68.5 Å². The van der Waals surface area contributed by atoms with E-state index in [-0.39, 0.29) is 5.15 Å². The maximum absolute atomic E-state index is 11.0. The molecule has 0 aromatic carbocycles. The van der Waals surface area contributed by atoms with Crippen molar-refractivity contribution in [1.82, 2.24) is 15.2 Å². The number of aromatic amines is 1. The van der Waals surface area contributed by atoms with Crippen molar-refractivity contribution in [1.29, 1.82) is 0 Å². The van der Waals surface area contributed by atoms with Crippen LogP contribution < -0.4 is 4.73 Å². The molecule has 0 fully saturated rings. The van der Waals surface area contributed by atoms with Gasteiger partial charge in [-0.3, -0.25) is 5.10 Å². The van der Waals surface area contributed by atoms with E-state index in [1.807, 2.05) is 0 Å². The van der Waals surface area contributed by atoms with Crippen LogP contribution in [0.2, 0.25) is 5.15 Å². The Balaban J connectivity index is 2.91. The van der Waals surface area contributed by atoms with Gasteiger partial charge in [0.2, 0.25) is 11.8 Å². The Kier molecular flexibility index (Phi) is 1.19. The van der Waals surface area contributed by atoms with E-state index in [1.54, 1.807) is 0 Å². The fourth-order valence-electron chi connectivity index (χ4n) is 0.819. The zero-order chi connectivity index (χ0) is 7.84. The van der Waals surface area contributed by atoms with E-state index in [2.05, 4.69) is 15.2 Å². The molecular weight excluding hydrogens is 168 g/mol. The average Bonchev–Trinajstić information content (AvgIpc) is 2.34. The Bertz CT molecular complexity index is 398. The first-order valence-corrected chi connectivity index (χ1v) is 3.24. The van der Waals surface area contributed by atoms with Crippen molar-refractivity contribution in [2.45, 2.75) is 0 Å². The van der Waals surface area contributed by atoms with Crippen LogP contribution in [0.25, 0.3) is 11.2 Å². The molecule has 1 N–H and O–H groups in total. The van der Waals surface area contributed by atoms with Gasteiger partial charge in [0.05, 0.1) is 0 Å². The molecule has 0 aliphatic rings. The summed E-state index contributed by atoms with van der Waals surface area (Å²) in [5.41, 5.74) is 0.780. The normalized spacial score (nSPS) is 10.6. The van der Waals surface area contributed by atoms with Crippen molar-refractivity contribution in [2.75, 3.05) is 0 Å². The summed E-state index contributed by atoms with van der Waals surface area (Å²) in [6.07, 6.45) is 2.57. The number of H-pyrrole nitrogens is 1. The Morgan fingerprint density at radius 3 is 3.27 bits per heavy atom. The van der Waals surface area contributed by atoms with Crippen LogP contribution in [0, 0.1) is 5.21 Å². The fourth-order valence-corrected chi connectivity index (χ4v) is 0.992. The van der Waals surface area contributed by atoms with Crippen molar-refractivity contribution in [3.63, 3.8) is 0 Å². The molecule has 56 valence electrons. The summed E-state index contributed by atoms with van der Waals surface area (Å²) in [6, 6.07) is 0. The Labute approximate surface area is 66.2 Å². The second kappa shape index (κ2) is 2.06. The van der Waals surface area contributed by atoms with Gasteiger partial charge in [0, 0.05) is 0 Å². The molecule has 0 saturated carbocycles. The predicted molar refractivity (Wildman–Crippen MR) is 37.9 cm³/mol. The van der Waals surface area contributed by atoms with Gasteiger partial charge in [-0.15, -0.1) is 0 Å². The fraction of sp³-hybridized carbons (Fsp3) is 0. The first kappa shape index (κ1) is 6.36. The van der Waals surface area contributed by atoms with Gasteiger partial charge in [0.1, 0.15) is 6.20 Å². The van der Waals surface area contributed by atoms with Crippen LogP contribution in [0.5, 0.6) is 0 Å². The lowest BCUT2D eigenvalue weighted by molar-refractivity contribution is -0.577. The highest BCUT2D eigenvalue weighted by molar-refractivity contribution is 6.29. The standard InChI is InChI=1S/C5H3ClN4O/c6-4-2-10(11)3-1-7-9-5(3)8-4/h1-2H,(H,7,8,9). The summed E-state index contributed by atoms with van der Waals surface area (Å²) in [5.74, 6) is 0. The third kappa shape index (κ3) is 0.894. The number of hydrogen-bond donors (Lipinski definition) is 1. The highest BCUT2D eigenvalue weighted by atomic mass is 35.5. The Hall–Kier alpha value is -1.36. The highest BCUT2D eigenvalue weighted by Gasteiger charge is 2.07. The number of nitrogens with one attached hydrogen (secondary N) is 1. The zero-order valence-corrected chi connectivity index (χ0v) is 6.04. The molecule has 2 aromatic rings. The quantitative estimate of drug-likeness (QED) is 0.455. The molecule has 6 heteroatoms. The van der Waals surface area contributed by atoms with Crippen molar-refractivity contribution < 1.29 is 4.73 Å². The third-order valence-electron chi connectivity index (χ3n) is 1.28. The number of halogens is 1. The lowest BCUT2D eigenvalue weighted by atomic mass is 10.6. The molecular formula is C5H3ClN4O. The number of nitrogens with zero attached hydrogens (tertiary/aromatic N) is 3. The lowest BCUT2D eigenvalue weighted by Crippen LogP contribution is -2.26. The maximum atomic E-state index is 11.0. The second-order valence-electron chi connectivity index (χ2n) is 1.99. The minimum atomic E-state index is 0.150. The van der Waals surface area contributed by atoms with Crippen molar-refractivity contribution in [3.05, 3.63) is 22.8 Å². The number of hydrogen-bond acceptors (Lipinski definition) is 3. The second-order valence-corrected chi connectivity index (χ2v) is 2.38. The Morgan fingerprint density at radius 1 is 1.64 bits per heavy atom. The molecule has 0 aliphatic carbocycles. The summed E-state index contributed by atoms with van der Waals surface area (Å²) in [4.78, 5) is 3.82. The van der Waals surface area contributed by atoms with Crippen LogP contribution in [-0.4, -0.2) is 15.2 Å². The van der Waals surface area contributed by atoms with E-state index in [9.17, 15) is 5.21 Å². The molecule has 11 heavy (non-hydrogen) atoms. The summed E-state index contributed by atoms with van der Waals surface area (Å²) in [7, 11) is 0. The molecule has 0 amide bonds. The summed E-state index contributed by atoms with van der Waals surface area (Å²) in [6.45, 7) is 0. The van der Waals surface area contributed by atoms with Gasteiger partial charge in [-0.25, -0.2) is 4.98 Å². The number of rotatable bonds is 0. The van der Waals surface area contributed by atoms with Crippen LogP contribution in [0.4, 0.5) is 0 Å². The molecule has 0 bridgehead atoms. The van der Waals surface area contributed by atoms with E-state index < -0.39 is 0 Å². The monoisotopic (exact) mass is 170 g/mol. The van der Waals surface area contributed by atoms with E-state index in [1.165, 1.54) is 12.4 Å². The molecule has 0 unspecified atom stereocenters. The van der Waals surface area contributed by atoms with Crippen LogP contribution >= 0.6 is 11.6 Å². The van der Waals surface area contributed by atoms with Crippen LogP contribution in [0.15, 0.2) is 12.4 Å². The minimum absolute atomic E-state index is 0.150. The molecule has 5 nitrogen and oxygen atoms in total. The van der Waals surface area contributed by atoms with E-state index >= 15 is 0 Å². The summed E-state index contributed by atoms with van der Waals surface area (Å²) in [5, 5.41) is 17.3. The average molecular weight is 171 g/mol. The van der Waals surface area contributed by atoms with Crippen molar-refractivity contribution in [2.24, 2.45) is 0 Å². The third-order valence-corrected chi connectivity index (χ3v) is 1.46. The number of fused-ring (bicyclic) bond motifs is 1. The SMILES string of the molecule is [O-][n+]1cc(Cl)nc2[nH]ncc21. The molecule has 0 atom stereocenters. The molecule has 2 rings (SSSR count). The van der Waals surface area contributed by atoms with Gasteiger partial charge in [0.25, 0.3) is 5.52 Å². The first-order chi connectivity index (χ1) is 5.27. The highest BCUT2D eigenvalue weighted by Crippen LogP contribution is 2.05. The van der Waals surface area contributed by atoms with Crippen LogP contribution in [0.1, 0.15) is 0 Å². The van der Waals surface area contributed by atoms with E-state index in [4.69, 9.17) is 11.6 Å². The molecule has 0 saturated heterocycles. The van der Waals surface area contributed by atoms with Crippen molar-refractivity contribution in [3.8, 4) is 0 Å². The van der Waals surface area contributed by atoms with Gasteiger partial charge in [-0.2, -0.15) is 9.83 Å². The summed E-state index contributed by atoms with van der Waals surface area (Å²) >= 11 is 5.50. The lowest BCUT2D eigenvalue weighted by Gasteiger charge is -1.94. The van der Waals surface area contributed by atoms with Gasteiger partial charge >= 0.3 is 0 Å². The van der Waals surface area contributed by atoms with Gasteiger partial charge in [0.15, 0.2) is 5.15 Å². The molecule has 0 aliphatic heterocycles. The van der Waals surface area contributed by atoms with E-state index in [0.717, 1.165) is 0 Å². The molecule has 0 radical (unpaired) electrons. The Morgan fingerprint density at radius 2 is 2.45 bits per heavy atom. The predicted octanol–water partition coefficient (Wildman–Crippen LogP) is 0.245. The summed E-state index contributed by atoms with van der Waals surface area (Å²) < 4.78 is 0.619. The zero-order valence-electron chi connectivity index (χ0n) is 5.28.